The van der Waals surface area contributed by atoms with Crippen LogP contribution in [0.1, 0.15) is 66.6 Å². The molecular weight excluding hydrogens is 426 g/mol. The second-order valence-electron chi connectivity index (χ2n) is 6.24. The molecular formula is C19H27N5O6S. The highest BCUT2D eigenvalue weighted by Crippen LogP contribution is 2.31. The molecule has 12 heteroatoms. The minimum absolute atomic E-state index is 0.0745. The lowest BCUT2D eigenvalue weighted by molar-refractivity contribution is -0.119. The summed E-state index contributed by atoms with van der Waals surface area (Å²) in [5.41, 5.74) is 5.65. The van der Waals surface area contributed by atoms with E-state index in [1.807, 2.05) is 6.92 Å². The van der Waals surface area contributed by atoms with Crippen molar-refractivity contribution < 1.29 is 28.3 Å². The first-order chi connectivity index (χ1) is 14.8. The number of nitrogens with zero attached hydrogens (tertiary/aromatic N) is 3. The van der Waals surface area contributed by atoms with Gasteiger partial charge in [-0.05, 0) is 32.9 Å². The van der Waals surface area contributed by atoms with Gasteiger partial charge in [0, 0.05) is 0 Å². The smallest absolute Gasteiger partial charge is 0.344 e. The molecule has 170 valence electrons. The minimum atomic E-state index is -0.809. The van der Waals surface area contributed by atoms with E-state index in [0.29, 0.717) is 17.3 Å². The van der Waals surface area contributed by atoms with E-state index in [0.717, 1.165) is 0 Å². The molecule has 0 aromatic carbocycles. The number of nitrogens with two attached hydrogens (primary N) is 1. The van der Waals surface area contributed by atoms with Gasteiger partial charge in [-0.25, -0.2) is 9.59 Å². The van der Waals surface area contributed by atoms with E-state index in [1.54, 1.807) is 20.8 Å². The Labute approximate surface area is 184 Å². The first kappa shape index (κ1) is 24.3. The number of aromatic nitrogens is 3. The third-order valence-corrected chi connectivity index (χ3v) is 5.07. The van der Waals surface area contributed by atoms with Gasteiger partial charge in [-0.1, -0.05) is 25.6 Å². The van der Waals surface area contributed by atoms with Crippen molar-refractivity contribution in [3.05, 3.63) is 16.9 Å². The number of nitrogen functional groups attached to an aromatic ring is 1. The molecule has 2 aromatic rings. The van der Waals surface area contributed by atoms with Crippen molar-refractivity contribution in [3.63, 3.8) is 0 Å². The number of aryl methyl sites for hydroxylation is 1. The summed E-state index contributed by atoms with van der Waals surface area (Å²) >= 11 is 1.39. The largest absolute Gasteiger partial charge is 0.462 e. The maximum Gasteiger partial charge on any atom is 0.344 e. The van der Waals surface area contributed by atoms with Crippen molar-refractivity contribution in [2.24, 2.45) is 0 Å². The average molecular weight is 454 g/mol. The molecule has 0 aliphatic heterocycles. The highest BCUT2D eigenvalue weighted by Gasteiger charge is 2.33. The number of ether oxygens (including phenoxy) is 2. The van der Waals surface area contributed by atoms with Crippen molar-refractivity contribution in [1.82, 2.24) is 14.8 Å². The average Bonchev–Trinajstić information content (AvgIpc) is 3.23. The number of rotatable bonds is 10. The van der Waals surface area contributed by atoms with E-state index in [9.17, 15) is 14.4 Å². The van der Waals surface area contributed by atoms with Gasteiger partial charge in [0.05, 0.1) is 13.2 Å². The van der Waals surface area contributed by atoms with Crippen molar-refractivity contribution in [2.45, 2.75) is 52.2 Å². The van der Waals surface area contributed by atoms with Gasteiger partial charge in [0.1, 0.15) is 22.9 Å². The van der Waals surface area contributed by atoms with Crippen LogP contribution in [0.3, 0.4) is 0 Å². The summed E-state index contributed by atoms with van der Waals surface area (Å²) in [7, 11) is 0. The standard InChI is InChI=1S/C19H27N5O6S/c1-6-11(24-18(20)22-23-19(24)31-9-4)14(25)21-15-13(17(27)29-8-3)12(10(5)30-15)16(26)28-7-2/h11H,6-9H2,1-5H3,(H2,20,22)(H,21,25). The molecule has 0 spiro atoms. The Bertz CT molecular complexity index is 954. The third kappa shape index (κ3) is 5.19. The summed E-state index contributed by atoms with van der Waals surface area (Å²) in [5, 5.41) is 10.9. The number of nitrogens with one attached hydrogen (secondary N) is 1. The van der Waals surface area contributed by atoms with Gasteiger partial charge in [-0.2, -0.15) is 0 Å². The predicted molar refractivity (Wildman–Crippen MR) is 114 cm³/mol. The minimum Gasteiger partial charge on any atom is -0.462 e. The highest BCUT2D eigenvalue weighted by atomic mass is 32.2. The lowest BCUT2D eigenvalue weighted by Crippen LogP contribution is -2.28. The van der Waals surface area contributed by atoms with Gasteiger partial charge in [0.2, 0.25) is 17.7 Å². The van der Waals surface area contributed by atoms with Crippen LogP contribution in [0.4, 0.5) is 11.8 Å². The summed E-state index contributed by atoms with van der Waals surface area (Å²) in [6, 6.07) is -0.768. The van der Waals surface area contributed by atoms with Crippen LogP contribution in [0.5, 0.6) is 0 Å². The van der Waals surface area contributed by atoms with E-state index in [2.05, 4.69) is 15.5 Å². The molecule has 11 nitrogen and oxygen atoms in total. The molecule has 0 saturated carbocycles. The SMILES string of the molecule is CCOC(=O)c1c(C)oc(NC(=O)C(CC)n2c(N)nnc2SCC)c1C(=O)OCC. The van der Waals surface area contributed by atoms with Gasteiger partial charge in [0.15, 0.2) is 5.16 Å². The fourth-order valence-electron chi connectivity index (χ4n) is 2.97. The number of furan rings is 1. The Kier molecular flexibility index (Phi) is 8.48. The topological polar surface area (TPSA) is 152 Å². The summed E-state index contributed by atoms with van der Waals surface area (Å²) in [6.45, 7) is 8.68. The molecule has 3 N–H and O–H groups in total. The number of amides is 1. The molecule has 0 fully saturated rings. The molecule has 1 atom stereocenters. The van der Waals surface area contributed by atoms with Gasteiger partial charge in [-0.3, -0.25) is 14.7 Å². The van der Waals surface area contributed by atoms with Crippen LogP contribution in [0.15, 0.2) is 9.57 Å². The van der Waals surface area contributed by atoms with Gasteiger partial charge < -0.3 is 19.6 Å². The van der Waals surface area contributed by atoms with Crippen LogP contribution in [-0.4, -0.2) is 51.6 Å². The Balaban J connectivity index is 2.46. The van der Waals surface area contributed by atoms with Crippen LogP contribution in [-0.2, 0) is 14.3 Å². The summed E-state index contributed by atoms with van der Waals surface area (Å²) < 4.78 is 17.2. The van der Waals surface area contributed by atoms with Crippen LogP contribution >= 0.6 is 11.8 Å². The molecule has 31 heavy (non-hydrogen) atoms. The summed E-state index contributed by atoms with van der Waals surface area (Å²) in [4.78, 5) is 38.1. The van der Waals surface area contributed by atoms with E-state index >= 15 is 0 Å². The molecule has 2 aromatic heterocycles. The van der Waals surface area contributed by atoms with Gasteiger partial charge >= 0.3 is 11.9 Å². The summed E-state index contributed by atoms with van der Waals surface area (Å²) in [6.07, 6.45) is 0.366. The van der Waals surface area contributed by atoms with Gasteiger partial charge in [0.25, 0.3) is 0 Å². The fraction of sp³-hybridized carbons (Fsp3) is 0.526. The van der Waals surface area contributed by atoms with Crippen LogP contribution in [0.2, 0.25) is 0 Å². The Morgan fingerprint density at radius 1 is 1.10 bits per heavy atom. The number of anilines is 2. The number of thioether (sulfide) groups is 1. The monoisotopic (exact) mass is 453 g/mol. The first-order valence-corrected chi connectivity index (χ1v) is 10.9. The van der Waals surface area contributed by atoms with Crippen molar-refractivity contribution in [2.75, 3.05) is 30.0 Å². The second-order valence-corrected chi connectivity index (χ2v) is 7.47. The van der Waals surface area contributed by atoms with Gasteiger partial charge in [-0.15, -0.1) is 10.2 Å². The maximum atomic E-state index is 13.1. The normalized spacial score (nSPS) is 11.8. The van der Waals surface area contributed by atoms with Crippen molar-refractivity contribution >= 4 is 41.4 Å². The Hall–Kier alpha value is -3.02. The lowest BCUT2D eigenvalue weighted by Gasteiger charge is -2.18. The number of carbonyl (C=O) groups excluding carboxylic acids is 3. The van der Waals surface area contributed by atoms with Crippen LogP contribution in [0, 0.1) is 6.92 Å². The Morgan fingerprint density at radius 2 is 1.71 bits per heavy atom. The van der Waals surface area contributed by atoms with Crippen LogP contribution in [0.25, 0.3) is 0 Å². The molecule has 2 heterocycles. The Morgan fingerprint density at radius 3 is 2.26 bits per heavy atom. The number of esters is 2. The van der Waals surface area contributed by atoms with Crippen molar-refractivity contribution in [1.29, 1.82) is 0 Å². The maximum absolute atomic E-state index is 13.1. The predicted octanol–water partition coefficient (Wildman–Crippen LogP) is 2.82. The molecule has 2 rings (SSSR count). The zero-order valence-electron chi connectivity index (χ0n) is 18.2. The molecule has 1 amide bonds. The first-order valence-electron chi connectivity index (χ1n) is 9.92. The highest BCUT2D eigenvalue weighted by molar-refractivity contribution is 7.99. The zero-order valence-corrected chi connectivity index (χ0v) is 19.0. The number of hydrogen-bond donors (Lipinski definition) is 2. The third-order valence-electron chi connectivity index (χ3n) is 4.25. The van der Waals surface area contributed by atoms with E-state index in [-0.39, 0.29) is 41.9 Å². The zero-order chi connectivity index (χ0) is 23.1. The van der Waals surface area contributed by atoms with Crippen LogP contribution < -0.4 is 11.1 Å². The molecule has 1 unspecified atom stereocenters. The molecule has 0 aliphatic carbocycles. The van der Waals surface area contributed by atoms with E-state index < -0.39 is 23.9 Å². The quantitative estimate of drug-likeness (QED) is 0.406. The molecule has 0 aliphatic rings. The molecule has 0 radical (unpaired) electrons. The molecule has 0 bridgehead atoms. The van der Waals surface area contributed by atoms with E-state index in [1.165, 1.54) is 23.3 Å². The number of hydrogen-bond acceptors (Lipinski definition) is 10. The van der Waals surface area contributed by atoms with E-state index in [4.69, 9.17) is 19.6 Å². The lowest BCUT2D eigenvalue weighted by atomic mass is 10.1. The molecule has 0 saturated heterocycles. The summed E-state index contributed by atoms with van der Waals surface area (Å²) in [5.74, 6) is -1.34. The second kappa shape index (κ2) is 10.8. The fourth-order valence-corrected chi connectivity index (χ4v) is 3.69. The number of carbonyl (C=O) groups is 3. The van der Waals surface area contributed by atoms with Crippen molar-refractivity contribution in [3.8, 4) is 0 Å².